The van der Waals surface area contributed by atoms with Gasteiger partial charge in [-0.05, 0) is 30.9 Å². The Morgan fingerprint density at radius 1 is 0.744 bits per heavy atom. The smallest absolute Gasteiger partial charge is 0.249 e. The van der Waals surface area contributed by atoms with Crippen LogP contribution in [0.4, 0.5) is 0 Å². The van der Waals surface area contributed by atoms with Gasteiger partial charge in [0, 0.05) is 39.3 Å². The van der Waals surface area contributed by atoms with Crippen LogP contribution in [0, 0.1) is 11.8 Å². The molecule has 4 heterocycles. The summed E-state index contributed by atoms with van der Waals surface area (Å²) in [6, 6.07) is 18.8. The van der Waals surface area contributed by atoms with Crippen LogP contribution in [0.5, 0.6) is 0 Å². The molecule has 4 aliphatic rings. The monoisotopic (exact) mass is 583 g/mol. The second-order valence-corrected chi connectivity index (χ2v) is 12.4. The van der Waals surface area contributed by atoms with E-state index >= 15 is 0 Å². The molecule has 4 aliphatic heterocycles. The predicted octanol–water partition coefficient (Wildman–Crippen LogP) is 3.71. The molecule has 5 atom stereocenters. The van der Waals surface area contributed by atoms with Crippen LogP contribution in [0.2, 0.25) is 0 Å². The van der Waals surface area contributed by atoms with Crippen molar-refractivity contribution in [2.75, 3.05) is 26.2 Å². The first-order chi connectivity index (χ1) is 20.9. The van der Waals surface area contributed by atoms with E-state index in [4.69, 9.17) is 4.74 Å². The summed E-state index contributed by atoms with van der Waals surface area (Å²) in [6.45, 7) is 4.10. The summed E-state index contributed by atoms with van der Waals surface area (Å²) in [5.74, 6) is -2.05. The molecule has 226 valence electrons. The van der Waals surface area contributed by atoms with Crippen molar-refractivity contribution in [2.45, 2.75) is 62.9 Å². The van der Waals surface area contributed by atoms with Crippen LogP contribution in [0.3, 0.4) is 0 Å². The van der Waals surface area contributed by atoms with E-state index in [0.717, 1.165) is 24.0 Å². The third kappa shape index (κ3) is 5.31. The average Bonchev–Trinajstić information content (AvgIpc) is 3.28. The fourth-order valence-corrected chi connectivity index (χ4v) is 7.50. The summed E-state index contributed by atoms with van der Waals surface area (Å²) in [7, 11) is 0. The molecule has 0 bridgehead atoms. The van der Waals surface area contributed by atoms with E-state index in [0.29, 0.717) is 45.6 Å². The van der Waals surface area contributed by atoms with Crippen LogP contribution >= 0.6 is 0 Å². The number of carbonyl (C=O) groups is 3. The average molecular weight is 584 g/mol. The highest BCUT2D eigenvalue weighted by atomic mass is 16.5. The van der Waals surface area contributed by atoms with E-state index in [9.17, 15) is 19.5 Å². The van der Waals surface area contributed by atoms with Crippen molar-refractivity contribution in [3.05, 3.63) is 96.1 Å². The molecule has 43 heavy (non-hydrogen) atoms. The van der Waals surface area contributed by atoms with E-state index in [1.54, 1.807) is 14.7 Å². The zero-order valence-electron chi connectivity index (χ0n) is 24.8. The normalized spacial score (nSPS) is 29.9. The minimum atomic E-state index is -1.25. The van der Waals surface area contributed by atoms with Crippen LogP contribution < -0.4 is 0 Å². The fourth-order valence-electron chi connectivity index (χ4n) is 7.50. The van der Waals surface area contributed by atoms with Crippen molar-refractivity contribution in [3.63, 3.8) is 0 Å². The van der Waals surface area contributed by atoms with Gasteiger partial charge in [0.05, 0.1) is 17.4 Å². The van der Waals surface area contributed by atoms with Gasteiger partial charge in [-0.2, -0.15) is 0 Å². The summed E-state index contributed by atoms with van der Waals surface area (Å²) in [4.78, 5) is 48.7. The lowest BCUT2D eigenvalue weighted by molar-refractivity contribution is -0.153. The van der Waals surface area contributed by atoms with Crippen molar-refractivity contribution in [1.29, 1.82) is 0 Å². The van der Waals surface area contributed by atoms with Crippen molar-refractivity contribution in [1.82, 2.24) is 14.7 Å². The van der Waals surface area contributed by atoms with E-state index in [-0.39, 0.29) is 24.3 Å². The van der Waals surface area contributed by atoms with E-state index in [2.05, 4.69) is 0 Å². The second kappa shape index (κ2) is 12.1. The first kappa shape index (κ1) is 29.3. The number of likely N-dealkylation sites (tertiary alicyclic amines) is 1. The number of hydrogen-bond donors (Lipinski definition) is 1. The molecule has 6 rings (SSSR count). The summed E-state index contributed by atoms with van der Waals surface area (Å²) in [6.07, 6.45) is 10.8. The van der Waals surface area contributed by atoms with Crippen LogP contribution in [0.25, 0.3) is 0 Å². The summed E-state index contributed by atoms with van der Waals surface area (Å²) in [5, 5.41) is 9.21. The number of ether oxygens (including phenoxy) is 1. The molecule has 1 unspecified atom stereocenters. The standard InChI is InChI=1S/C35H41N3O5/c1-34-18-12-20-36(24-26-14-6-4-7-15-26)31(40)28(34)29-32(41)38(22-10-2-3-11-23-39)30-33(42)37(21-13-19-35(29,30)43-34)25-27-16-8-5-9-17-27/h4-9,12-19,28-30,39H,2-3,10-11,20-25H2,1H3/t28-,29-,30?,34+,35-/m0/s1. The molecule has 0 radical (unpaired) electrons. The SMILES string of the molecule is C[C@@]12C=CCN(Cc3ccccc3)C(=O)[C@@H]1[C@H]1C(=O)N(CCCCCCO)C3C(=O)N(Cc4ccccc4)CC=C[C@@]31O2. The Hall–Kier alpha value is -3.75. The Morgan fingerprint density at radius 3 is 1.95 bits per heavy atom. The zero-order valence-corrected chi connectivity index (χ0v) is 24.8. The maximum Gasteiger partial charge on any atom is 0.249 e. The number of hydrogen-bond acceptors (Lipinski definition) is 5. The highest BCUT2D eigenvalue weighted by Gasteiger charge is 2.74. The fraction of sp³-hybridized carbons (Fsp3) is 0.457. The first-order valence-corrected chi connectivity index (χ1v) is 15.5. The van der Waals surface area contributed by atoms with Gasteiger partial charge in [-0.3, -0.25) is 14.4 Å². The molecule has 2 saturated heterocycles. The molecule has 2 fully saturated rings. The minimum Gasteiger partial charge on any atom is -0.396 e. The van der Waals surface area contributed by atoms with Gasteiger partial charge in [-0.15, -0.1) is 0 Å². The molecule has 2 aromatic rings. The van der Waals surface area contributed by atoms with Crippen LogP contribution in [0.15, 0.2) is 85.0 Å². The topological polar surface area (TPSA) is 90.4 Å². The molecule has 0 aromatic heterocycles. The molecule has 1 N–H and O–H groups in total. The van der Waals surface area contributed by atoms with Crippen molar-refractivity contribution in [3.8, 4) is 0 Å². The minimum absolute atomic E-state index is 0.124. The predicted molar refractivity (Wildman–Crippen MR) is 162 cm³/mol. The number of fused-ring (bicyclic) bond motifs is 2. The largest absolute Gasteiger partial charge is 0.396 e. The number of carbonyl (C=O) groups excluding carboxylic acids is 3. The Labute approximate surface area is 253 Å². The van der Waals surface area contributed by atoms with Crippen molar-refractivity contribution in [2.24, 2.45) is 11.8 Å². The van der Waals surface area contributed by atoms with Gasteiger partial charge in [-0.1, -0.05) is 97.8 Å². The number of aliphatic hydroxyl groups excluding tert-OH is 1. The summed E-state index contributed by atoms with van der Waals surface area (Å²) >= 11 is 0. The third-order valence-electron chi connectivity index (χ3n) is 9.46. The van der Waals surface area contributed by atoms with E-state index < -0.39 is 29.1 Å². The highest BCUT2D eigenvalue weighted by molar-refractivity contribution is 6.00. The number of unbranched alkanes of at least 4 members (excludes halogenated alkanes) is 3. The second-order valence-electron chi connectivity index (χ2n) is 12.4. The van der Waals surface area contributed by atoms with Gasteiger partial charge in [0.2, 0.25) is 17.7 Å². The Balaban J connectivity index is 1.36. The number of rotatable bonds is 10. The van der Waals surface area contributed by atoms with Gasteiger partial charge >= 0.3 is 0 Å². The van der Waals surface area contributed by atoms with Crippen LogP contribution in [-0.2, 0) is 32.2 Å². The van der Waals surface area contributed by atoms with E-state index in [1.165, 1.54) is 0 Å². The Kier molecular flexibility index (Phi) is 8.25. The number of aliphatic hydroxyl groups is 1. The maximum atomic E-state index is 14.5. The summed E-state index contributed by atoms with van der Waals surface area (Å²) in [5.41, 5.74) is -0.258. The molecular weight excluding hydrogens is 542 g/mol. The van der Waals surface area contributed by atoms with Crippen LogP contribution in [0.1, 0.15) is 43.7 Å². The van der Waals surface area contributed by atoms with Gasteiger partial charge in [0.1, 0.15) is 11.6 Å². The first-order valence-electron chi connectivity index (χ1n) is 15.5. The number of benzene rings is 2. The molecule has 2 aromatic carbocycles. The highest BCUT2D eigenvalue weighted by Crippen LogP contribution is 2.57. The van der Waals surface area contributed by atoms with Gasteiger partial charge < -0.3 is 24.5 Å². The lowest BCUT2D eigenvalue weighted by Crippen LogP contribution is -2.55. The number of nitrogens with zero attached hydrogens (tertiary/aromatic N) is 3. The Bertz CT molecular complexity index is 1390. The molecule has 0 saturated carbocycles. The molecule has 8 nitrogen and oxygen atoms in total. The van der Waals surface area contributed by atoms with Gasteiger partial charge in [-0.25, -0.2) is 0 Å². The lowest BCUT2D eigenvalue weighted by atomic mass is 9.74. The summed E-state index contributed by atoms with van der Waals surface area (Å²) < 4.78 is 6.95. The van der Waals surface area contributed by atoms with Gasteiger partial charge in [0.15, 0.2) is 0 Å². The van der Waals surface area contributed by atoms with Crippen molar-refractivity contribution < 1.29 is 24.2 Å². The molecule has 1 spiro atoms. The number of amides is 3. The van der Waals surface area contributed by atoms with E-state index in [1.807, 2.05) is 91.9 Å². The molecule has 3 amide bonds. The quantitative estimate of drug-likeness (QED) is 0.340. The molecule has 0 aliphatic carbocycles. The lowest BCUT2D eigenvalue weighted by Gasteiger charge is -2.37. The maximum absolute atomic E-state index is 14.5. The van der Waals surface area contributed by atoms with Gasteiger partial charge in [0.25, 0.3) is 0 Å². The zero-order chi connectivity index (χ0) is 30.0. The van der Waals surface area contributed by atoms with Crippen LogP contribution in [-0.4, -0.2) is 81.0 Å². The third-order valence-corrected chi connectivity index (χ3v) is 9.46. The molecular formula is C35H41N3O5. The van der Waals surface area contributed by atoms with Crippen molar-refractivity contribution >= 4 is 17.7 Å². The molecule has 8 heteroatoms. The Morgan fingerprint density at radius 2 is 1.33 bits per heavy atom.